The summed E-state index contributed by atoms with van der Waals surface area (Å²) in [5.74, 6) is -0.270. The Bertz CT molecular complexity index is 632. The quantitative estimate of drug-likeness (QED) is 0.828. The van der Waals surface area contributed by atoms with Gasteiger partial charge < -0.3 is 20.3 Å². The number of nitrogens with two attached hydrogens (primary N) is 1. The molecule has 0 spiro atoms. The normalized spacial score (nSPS) is 19.7. The lowest BCUT2D eigenvalue weighted by Crippen LogP contribution is -2.63. The molecule has 2 N–H and O–H groups in total. The summed E-state index contributed by atoms with van der Waals surface area (Å²) in [6.45, 7) is 10.2. The molecule has 0 saturated carbocycles. The lowest BCUT2D eigenvalue weighted by Gasteiger charge is -2.49. The number of carbonyl (C=O) groups is 1. The van der Waals surface area contributed by atoms with Crippen LogP contribution in [-0.2, 0) is 4.74 Å². The van der Waals surface area contributed by atoms with Gasteiger partial charge in [0, 0.05) is 51.0 Å². The molecule has 0 unspecified atom stereocenters. The van der Waals surface area contributed by atoms with Gasteiger partial charge in [0.1, 0.15) is 11.4 Å². The van der Waals surface area contributed by atoms with Crippen molar-refractivity contribution < 1.29 is 13.9 Å². The first-order chi connectivity index (χ1) is 11.7. The molecule has 0 aliphatic carbocycles. The summed E-state index contributed by atoms with van der Waals surface area (Å²) in [6.07, 6.45) is -0.244. The topological polar surface area (TPSA) is 62.0 Å². The van der Waals surface area contributed by atoms with Gasteiger partial charge in [0.15, 0.2) is 0 Å². The van der Waals surface area contributed by atoms with Gasteiger partial charge >= 0.3 is 6.09 Å². The number of hydrogen-bond donors (Lipinski definition) is 1. The van der Waals surface area contributed by atoms with Crippen LogP contribution >= 0.6 is 0 Å². The molecular weight excluding hydrogens is 323 g/mol. The average molecular weight is 350 g/mol. The Hall–Kier alpha value is -2.02. The van der Waals surface area contributed by atoms with Crippen molar-refractivity contribution in [3.05, 3.63) is 24.0 Å². The van der Waals surface area contributed by atoms with Crippen LogP contribution in [0.4, 0.5) is 20.6 Å². The molecule has 0 atom stereocenters. The van der Waals surface area contributed by atoms with Crippen molar-refractivity contribution in [2.45, 2.75) is 32.4 Å². The molecule has 2 aliphatic heterocycles. The Morgan fingerprint density at radius 2 is 1.84 bits per heavy atom. The first-order valence-corrected chi connectivity index (χ1v) is 8.75. The van der Waals surface area contributed by atoms with E-state index in [9.17, 15) is 9.18 Å². The second-order valence-corrected chi connectivity index (χ2v) is 7.77. The summed E-state index contributed by atoms with van der Waals surface area (Å²) in [6, 6.07) is 5.23. The molecule has 138 valence electrons. The Morgan fingerprint density at radius 3 is 2.40 bits per heavy atom. The van der Waals surface area contributed by atoms with Crippen LogP contribution < -0.4 is 10.6 Å². The van der Waals surface area contributed by atoms with Crippen LogP contribution in [0, 0.1) is 5.82 Å². The highest BCUT2D eigenvalue weighted by Gasteiger charge is 2.35. The van der Waals surface area contributed by atoms with E-state index in [1.165, 1.54) is 6.07 Å². The van der Waals surface area contributed by atoms with E-state index in [0.717, 1.165) is 26.2 Å². The molecule has 3 rings (SSSR count). The Labute approximate surface area is 148 Å². The van der Waals surface area contributed by atoms with E-state index in [2.05, 4.69) is 4.90 Å². The fourth-order valence-electron chi connectivity index (χ4n) is 3.26. The molecule has 0 radical (unpaired) electrons. The zero-order valence-corrected chi connectivity index (χ0v) is 15.2. The maximum atomic E-state index is 14.0. The molecule has 1 amide bonds. The number of piperazine rings is 1. The molecule has 2 fully saturated rings. The van der Waals surface area contributed by atoms with Crippen LogP contribution in [0.3, 0.4) is 0 Å². The number of hydrogen-bond acceptors (Lipinski definition) is 5. The van der Waals surface area contributed by atoms with Gasteiger partial charge in [-0.25, -0.2) is 9.18 Å². The SMILES string of the molecule is CC(C)(C)OC(=O)N1CCN(C2CN(c3ccc(N)cc3F)C2)CC1. The van der Waals surface area contributed by atoms with Gasteiger partial charge in [-0.05, 0) is 39.0 Å². The molecule has 1 aromatic carbocycles. The zero-order valence-electron chi connectivity index (χ0n) is 15.2. The van der Waals surface area contributed by atoms with Gasteiger partial charge in [-0.3, -0.25) is 4.90 Å². The lowest BCUT2D eigenvalue weighted by atomic mass is 10.0. The standard InChI is InChI=1S/C18H27FN4O2/c1-18(2,3)25-17(24)22-8-6-21(7-9-22)14-11-23(12-14)16-5-4-13(20)10-15(16)19/h4-5,10,14H,6-9,11-12,20H2,1-3H3. The van der Waals surface area contributed by atoms with E-state index in [0.29, 0.717) is 30.5 Å². The molecule has 2 heterocycles. The number of amides is 1. The van der Waals surface area contributed by atoms with Crippen LogP contribution in [0.15, 0.2) is 18.2 Å². The maximum absolute atomic E-state index is 14.0. The molecule has 25 heavy (non-hydrogen) atoms. The Morgan fingerprint density at radius 1 is 1.20 bits per heavy atom. The minimum absolute atomic E-state index is 0.244. The number of ether oxygens (including phenoxy) is 1. The number of benzene rings is 1. The van der Waals surface area contributed by atoms with Crippen LogP contribution in [0.1, 0.15) is 20.8 Å². The van der Waals surface area contributed by atoms with E-state index in [-0.39, 0.29) is 11.9 Å². The molecule has 2 aliphatic rings. The van der Waals surface area contributed by atoms with Gasteiger partial charge in [0.25, 0.3) is 0 Å². The summed E-state index contributed by atoms with van der Waals surface area (Å²) in [4.78, 5) is 18.3. The van der Waals surface area contributed by atoms with Crippen molar-refractivity contribution >= 4 is 17.5 Å². The van der Waals surface area contributed by atoms with Crippen molar-refractivity contribution in [2.75, 3.05) is 49.9 Å². The minimum Gasteiger partial charge on any atom is -0.444 e. The average Bonchev–Trinajstić information content (AvgIpc) is 2.47. The van der Waals surface area contributed by atoms with Crippen LogP contribution in [0.25, 0.3) is 0 Å². The fourth-order valence-corrected chi connectivity index (χ4v) is 3.26. The minimum atomic E-state index is -0.466. The van der Waals surface area contributed by atoms with Crippen molar-refractivity contribution in [3.63, 3.8) is 0 Å². The number of carbonyl (C=O) groups excluding carboxylic acids is 1. The van der Waals surface area contributed by atoms with E-state index in [4.69, 9.17) is 10.5 Å². The van der Waals surface area contributed by atoms with E-state index in [1.54, 1.807) is 17.0 Å². The van der Waals surface area contributed by atoms with Crippen molar-refractivity contribution in [1.82, 2.24) is 9.80 Å². The summed E-state index contributed by atoms with van der Waals surface area (Å²) >= 11 is 0. The fraction of sp³-hybridized carbons (Fsp3) is 0.611. The number of rotatable bonds is 2. The highest BCUT2D eigenvalue weighted by atomic mass is 19.1. The Balaban J connectivity index is 1.47. The van der Waals surface area contributed by atoms with Crippen LogP contribution in [0.5, 0.6) is 0 Å². The summed E-state index contributed by atoms with van der Waals surface area (Å²) in [5, 5.41) is 0. The largest absolute Gasteiger partial charge is 0.444 e. The van der Waals surface area contributed by atoms with E-state index in [1.807, 2.05) is 25.7 Å². The number of nitrogen functional groups attached to an aromatic ring is 1. The first-order valence-electron chi connectivity index (χ1n) is 8.75. The van der Waals surface area contributed by atoms with Gasteiger partial charge in [-0.1, -0.05) is 0 Å². The second kappa shape index (κ2) is 6.71. The van der Waals surface area contributed by atoms with Crippen molar-refractivity contribution in [1.29, 1.82) is 0 Å². The maximum Gasteiger partial charge on any atom is 0.410 e. The molecule has 2 saturated heterocycles. The third kappa shape index (κ3) is 4.15. The van der Waals surface area contributed by atoms with Crippen LogP contribution in [0.2, 0.25) is 0 Å². The summed E-state index contributed by atoms with van der Waals surface area (Å²) < 4.78 is 19.4. The van der Waals surface area contributed by atoms with Gasteiger partial charge in [-0.15, -0.1) is 0 Å². The molecular formula is C18H27FN4O2. The third-order valence-electron chi connectivity index (χ3n) is 4.66. The number of halogens is 1. The first kappa shape index (κ1) is 17.8. The number of anilines is 2. The van der Waals surface area contributed by atoms with Crippen LogP contribution in [-0.4, -0.2) is 66.8 Å². The van der Waals surface area contributed by atoms with Crippen molar-refractivity contribution in [3.8, 4) is 0 Å². The molecule has 6 nitrogen and oxygen atoms in total. The molecule has 0 bridgehead atoms. The molecule has 7 heteroatoms. The smallest absolute Gasteiger partial charge is 0.410 e. The summed E-state index contributed by atoms with van der Waals surface area (Å²) in [7, 11) is 0. The third-order valence-corrected chi connectivity index (χ3v) is 4.66. The van der Waals surface area contributed by atoms with Gasteiger partial charge in [0.2, 0.25) is 0 Å². The lowest BCUT2D eigenvalue weighted by molar-refractivity contribution is 0.00873. The monoisotopic (exact) mass is 350 g/mol. The predicted octanol–water partition coefficient (Wildman–Crippen LogP) is 2.15. The zero-order chi connectivity index (χ0) is 18.2. The molecule has 1 aromatic rings. The van der Waals surface area contributed by atoms with Crippen molar-refractivity contribution in [2.24, 2.45) is 0 Å². The van der Waals surface area contributed by atoms with E-state index >= 15 is 0 Å². The Kier molecular flexibility index (Phi) is 4.77. The van der Waals surface area contributed by atoms with E-state index < -0.39 is 5.60 Å². The molecule has 0 aromatic heterocycles. The predicted molar refractivity (Wildman–Crippen MR) is 96.2 cm³/mol. The highest BCUT2D eigenvalue weighted by molar-refractivity contribution is 5.68. The van der Waals surface area contributed by atoms with Gasteiger partial charge in [0.05, 0.1) is 5.69 Å². The summed E-state index contributed by atoms with van der Waals surface area (Å²) in [5.41, 5.74) is 6.18. The highest BCUT2D eigenvalue weighted by Crippen LogP contribution is 2.28. The number of nitrogens with zero attached hydrogens (tertiary/aromatic N) is 3. The second-order valence-electron chi connectivity index (χ2n) is 7.77. The van der Waals surface area contributed by atoms with Gasteiger partial charge in [-0.2, -0.15) is 0 Å².